The molecule has 0 radical (unpaired) electrons. The van der Waals surface area contributed by atoms with Crippen LogP contribution in [0.3, 0.4) is 0 Å². The number of amides is 3. The van der Waals surface area contributed by atoms with E-state index in [1.807, 2.05) is 42.5 Å². The van der Waals surface area contributed by atoms with Crippen molar-refractivity contribution in [3.05, 3.63) is 65.7 Å². The van der Waals surface area contributed by atoms with E-state index in [0.29, 0.717) is 5.75 Å². The summed E-state index contributed by atoms with van der Waals surface area (Å²) in [6, 6.07) is 13.7. The number of carboxylic acid groups (broad SMARTS) is 1. The largest absolute Gasteiger partial charge is 0.497 e. The van der Waals surface area contributed by atoms with Crippen LogP contribution >= 0.6 is 11.8 Å². The van der Waals surface area contributed by atoms with E-state index < -0.39 is 40.8 Å². The molecule has 0 saturated carbocycles. The molecule has 1 aliphatic rings. The van der Waals surface area contributed by atoms with E-state index in [1.54, 1.807) is 33.1 Å². The van der Waals surface area contributed by atoms with E-state index >= 15 is 0 Å². The summed E-state index contributed by atoms with van der Waals surface area (Å²) in [7, 11) is 1.57. The number of methoxy groups -OCH3 is 1. The van der Waals surface area contributed by atoms with Crippen molar-refractivity contribution in [3.8, 4) is 5.75 Å². The van der Waals surface area contributed by atoms with E-state index in [1.165, 1.54) is 16.7 Å². The van der Waals surface area contributed by atoms with Crippen LogP contribution in [-0.4, -0.2) is 68.9 Å². The van der Waals surface area contributed by atoms with Crippen molar-refractivity contribution in [2.24, 2.45) is 0 Å². The van der Waals surface area contributed by atoms with Crippen molar-refractivity contribution in [3.63, 3.8) is 0 Å². The first-order valence-corrected chi connectivity index (χ1v) is 12.2. The number of aliphatic hydroxyl groups is 1. The number of urea groups is 1. The van der Waals surface area contributed by atoms with E-state index in [-0.39, 0.29) is 18.8 Å². The van der Waals surface area contributed by atoms with Crippen molar-refractivity contribution in [1.82, 2.24) is 15.5 Å². The van der Waals surface area contributed by atoms with Gasteiger partial charge in [0.05, 0.1) is 19.0 Å². The monoisotopic (exact) mass is 501 g/mol. The Kier molecular flexibility index (Phi) is 8.63. The first-order valence-electron chi connectivity index (χ1n) is 11.2. The molecular formula is C25H31N3O6S. The van der Waals surface area contributed by atoms with Gasteiger partial charge < -0.3 is 30.5 Å². The number of nitrogens with zero attached hydrogens (tertiary/aromatic N) is 1. The number of benzene rings is 2. The molecule has 188 valence electrons. The third-order valence-corrected chi connectivity index (χ3v) is 7.30. The third-order valence-electron chi connectivity index (χ3n) is 5.92. The molecule has 4 N–H and O–H groups in total. The van der Waals surface area contributed by atoms with Crippen molar-refractivity contribution < 1.29 is 29.3 Å². The minimum absolute atomic E-state index is 0.140. The second-order valence-corrected chi connectivity index (χ2v) is 10.4. The third kappa shape index (κ3) is 6.67. The normalized spacial score (nSPS) is 18.4. The molecule has 1 aliphatic heterocycles. The molecule has 1 heterocycles. The first kappa shape index (κ1) is 26.4. The van der Waals surface area contributed by atoms with Gasteiger partial charge in [0.1, 0.15) is 11.8 Å². The maximum atomic E-state index is 13.2. The molecule has 10 heteroatoms. The van der Waals surface area contributed by atoms with E-state index in [0.717, 1.165) is 11.1 Å². The van der Waals surface area contributed by atoms with Gasteiger partial charge in [-0.1, -0.05) is 42.5 Å². The lowest BCUT2D eigenvalue weighted by Gasteiger charge is -2.31. The highest BCUT2D eigenvalue weighted by molar-refractivity contribution is 8.00. The number of rotatable bonds is 9. The van der Waals surface area contributed by atoms with Crippen molar-refractivity contribution >= 4 is 29.7 Å². The average molecular weight is 502 g/mol. The van der Waals surface area contributed by atoms with Gasteiger partial charge >= 0.3 is 12.0 Å². The number of hydrogen-bond donors (Lipinski definition) is 4. The molecule has 2 aromatic carbocycles. The second kappa shape index (κ2) is 11.5. The summed E-state index contributed by atoms with van der Waals surface area (Å²) >= 11 is 1.33. The number of carbonyl (C=O) groups excluding carboxylic acids is 2. The van der Waals surface area contributed by atoms with Crippen LogP contribution in [0.2, 0.25) is 0 Å². The number of nitrogens with one attached hydrogen (secondary N) is 2. The molecule has 3 atom stereocenters. The quantitative estimate of drug-likeness (QED) is 0.415. The number of carbonyl (C=O) groups is 3. The highest BCUT2D eigenvalue weighted by Crippen LogP contribution is 2.39. The molecule has 2 aromatic rings. The van der Waals surface area contributed by atoms with Crippen LogP contribution in [0.15, 0.2) is 54.6 Å². The standard InChI is InChI=1S/C25H31N3O6S/c1-25(2)21(23(31)32)28(15-35-25)22(30)20(29)19(13-16-7-5-4-6-8-16)27-24(33)26-14-17-9-11-18(34-3)12-10-17/h4-12,19-21,29H,13-15H2,1-3H3,(H,31,32)(H2,26,27,33)/t19?,20-,21?/m0/s1. The maximum absolute atomic E-state index is 13.2. The number of carboxylic acids is 1. The van der Waals surface area contributed by atoms with Gasteiger partial charge in [-0.3, -0.25) is 4.79 Å². The minimum atomic E-state index is -1.63. The van der Waals surface area contributed by atoms with Crippen molar-refractivity contribution in [1.29, 1.82) is 0 Å². The highest BCUT2D eigenvalue weighted by atomic mass is 32.2. The van der Waals surface area contributed by atoms with Crippen LogP contribution in [0, 0.1) is 0 Å². The van der Waals surface area contributed by atoms with Crippen molar-refractivity contribution in [2.75, 3.05) is 13.0 Å². The van der Waals surface area contributed by atoms with Gasteiger partial charge in [0.2, 0.25) is 0 Å². The number of ether oxygens (including phenoxy) is 1. The van der Waals surface area contributed by atoms with Gasteiger partial charge in [-0.2, -0.15) is 0 Å². The van der Waals surface area contributed by atoms with Gasteiger partial charge in [-0.15, -0.1) is 11.8 Å². The molecule has 2 unspecified atom stereocenters. The zero-order valence-electron chi connectivity index (χ0n) is 19.9. The summed E-state index contributed by atoms with van der Waals surface area (Å²) in [6.45, 7) is 3.74. The molecule has 0 aliphatic carbocycles. The number of aliphatic carboxylic acids is 1. The fraction of sp³-hybridized carbons (Fsp3) is 0.400. The lowest BCUT2D eigenvalue weighted by atomic mass is 9.98. The van der Waals surface area contributed by atoms with Crippen LogP contribution in [0.25, 0.3) is 0 Å². The average Bonchev–Trinajstić information content (AvgIpc) is 3.17. The molecule has 3 rings (SSSR count). The molecule has 3 amide bonds. The Hall–Kier alpha value is -3.24. The number of hydrogen-bond acceptors (Lipinski definition) is 6. The van der Waals surface area contributed by atoms with Gasteiger partial charge in [-0.05, 0) is 43.5 Å². The Morgan fingerprint density at radius 2 is 1.77 bits per heavy atom. The smallest absolute Gasteiger partial charge is 0.327 e. The Morgan fingerprint density at radius 3 is 2.37 bits per heavy atom. The van der Waals surface area contributed by atoms with E-state index in [4.69, 9.17) is 4.74 Å². The fourth-order valence-corrected chi connectivity index (χ4v) is 5.12. The zero-order valence-corrected chi connectivity index (χ0v) is 20.7. The SMILES string of the molecule is COc1ccc(CNC(=O)NC(Cc2ccccc2)[C@H](O)C(=O)N2CSC(C)(C)C2C(=O)O)cc1. The molecule has 9 nitrogen and oxygen atoms in total. The Balaban J connectivity index is 1.72. The summed E-state index contributed by atoms with van der Waals surface area (Å²) in [5.74, 6) is -1.02. The Bertz CT molecular complexity index is 1030. The Labute approximate surface area is 208 Å². The molecule has 0 bridgehead atoms. The number of thioether (sulfide) groups is 1. The number of aliphatic hydroxyl groups excluding tert-OH is 1. The Morgan fingerprint density at radius 1 is 1.11 bits per heavy atom. The van der Waals surface area contributed by atoms with Gasteiger partial charge in [0, 0.05) is 11.3 Å². The summed E-state index contributed by atoms with van der Waals surface area (Å²) in [6.07, 6.45) is -1.44. The molecule has 0 aromatic heterocycles. The molecule has 0 spiro atoms. The van der Waals surface area contributed by atoms with Crippen LogP contribution in [0.4, 0.5) is 4.79 Å². The van der Waals surface area contributed by atoms with E-state index in [9.17, 15) is 24.6 Å². The van der Waals surface area contributed by atoms with E-state index in [2.05, 4.69) is 10.6 Å². The zero-order chi connectivity index (χ0) is 25.6. The first-order chi connectivity index (χ1) is 16.6. The van der Waals surface area contributed by atoms with Gasteiger partial charge in [-0.25, -0.2) is 9.59 Å². The van der Waals surface area contributed by atoms with Gasteiger partial charge in [0.15, 0.2) is 6.10 Å². The van der Waals surface area contributed by atoms with Crippen LogP contribution in [0.5, 0.6) is 5.75 Å². The molecular weight excluding hydrogens is 470 g/mol. The lowest BCUT2D eigenvalue weighted by molar-refractivity contribution is -0.154. The highest BCUT2D eigenvalue weighted by Gasteiger charge is 2.50. The second-order valence-electron chi connectivity index (χ2n) is 8.84. The molecule has 35 heavy (non-hydrogen) atoms. The topological polar surface area (TPSA) is 128 Å². The lowest BCUT2D eigenvalue weighted by Crippen LogP contribution is -2.57. The minimum Gasteiger partial charge on any atom is -0.497 e. The summed E-state index contributed by atoms with van der Waals surface area (Å²) in [5.41, 5.74) is 1.66. The molecule has 1 fully saturated rings. The fourth-order valence-electron chi connectivity index (χ4n) is 3.98. The predicted octanol–water partition coefficient (Wildman–Crippen LogP) is 2.23. The summed E-state index contributed by atoms with van der Waals surface area (Å²) in [4.78, 5) is 38.9. The van der Waals surface area contributed by atoms with Crippen molar-refractivity contribution in [2.45, 2.75) is 49.7 Å². The summed E-state index contributed by atoms with van der Waals surface area (Å²) in [5, 5.41) is 26.1. The van der Waals surface area contributed by atoms with Gasteiger partial charge in [0.25, 0.3) is 5.91 Å². The van der Waals surface area contributed by atoms with Crippen LogP contribution in [0.1, 0.15) is 25.0 Å². The maximum Gasteiger partial charge on any atom is 0.327 e. The van der Waals surface area contributed by atoms with Crippen LogP contribution in [-0.2, 0) is 22.6 Å². The van der Waals surface area contributed by atoms with Crippen LogP contribution < -0.4 is 15.4 Å². The predicted molar refractivity (Wildman–Crippen MR) is 133 cm³/mol. The molecule has 1 saturated heterocycles. The summed E-state index contributed by atoms with van der Waals surface area (Å²) < 4.78 is 4.42.